The van der Waals surface area contributed by atoms with Crippen molar-refractivity contribution in [3.8, 4) is 0 Å². The van der Waals surface area contributed by atoms with E-state index in [0.29, 0.717) is 6.04 Å². The molecule has 58 valence electrons. The van der Waals surface area contributed by atoms with E-state index in [1.165, 1.54) is 0 Å². The predicted molar refractivity (Wildman–Crippen MR) is 45.8 cm³/mol. The van der Waals surface area contributed by atoms with Crippen molar-refractivity contribution in [2.24, 2.45) is 0 Å². The Morgan fingerprint density at radius 1 is 1.55 bits per heavy atom. The molecule has 1 aromatic rings. The molecule has 0 saturated heterocycles. The maximum atomic E-state index is 4.03. The highest BCUT2D eigenvalue weighted by Gasteiger charge is 2.11. The van der Waals surface area contributed by atoms with Gasteiger partial charge in [-0.25, -0.2) is 0 Å². The van der Waals surface area contributed by atoms with Crippen LogP contribution in [0.15, 0.2) is 18.5 Å². The topological polar surface area (TPSA) is 37.0 Å². The number of hydrogen-bond acceptors (Lipinski definition) is 3. The summed E-state index contributed by atoms with van der Waals surface area (Å²) in [7, 11) is 0. The second-order valence-corrected chi connectivity index (χ2v) is 2.85. The molecule has 1 aliphatic heterocycles. The molecule has 0 bridgehead atoms. The Morgan fingerprint density at radius 3 is 3.36 bits per heavy atom. The van der Waals surface area contributed by atoms with Crippen LogP contribution in [0.1, 0.15) is 6.92 Å². The van der Waals surface area contributed by atoms with E-state index in [1.807, 2.05) is 12.3 Å². The molecule has 1 unspecified atom stereocenters. The quantitative estimate of drug-likeness (QED) is 0.584. The maximum Gasteiger partial charge on any atom is 0.0765 e. The standard InChI is InChI=1S/C8H11N3/c1-6-4-10-7-2-3-9-5-8(7)11-6/h2-3,5-6,10-11H,4H2,1H3. The van der Waals surface area contributed by atoms with Gasteiger partial charge in [0.1, 0.15) is 0 Å². The van der Waals surface area contributed by atoms with Gasteiger partial charge < -0.3 is 10.6 Å². The first-order valence-corrected chi connectivity index (χ1v) is 3.80. The normalized spacial score (nSPS) is 21.4. The van der Waals surface area contributed by atoms with Gasteiger partial charge in [0.25, 0.3) is 0 Å². The van der Waals surface area contributed by atoms with Crippen molar-refractivity contribution in [3.63, 3.8) is 0 Å². The van der Waals surface area contributed by atoms with E-state index in [9.17, 15) is 0 Å². The van der Waals surface area contributed by atoms with E-state index in [0.717, 1.165) is 17.9 Å². The van der Waals surface area contributed by atoms with Crippen LogP contribution in [0.4, 0.5) is 11.4 Å². The van der Waals surface area contributed by atoms with Crippen LogP contribution in [-0.2, 0) is 0 Å². The third kappa shape index (κ3) is 1.13. The first-order chi connectivity index (χ1) is 5.36. The van der Waals surface area contributed by atoms with Crippen molar-refractivity contribution in [2.75, 3.05) is 17.2 Å². The van der Waals surface area contributed by atoms with Crippen molar-refractivity contribution in [1.29, 1.82) is 0 Å². The molecule has 1 aliphatic rings. The molecular formula is C8H11N3. The Hall–Kier alpha value is -1.25. The minimum Gasteiger partial charge on any atom is -0.381 e. The largest absolute Gasteiger partial charge is 0.381 e. The molecule has 0 amide bonds. The second-order valence-electron chi connectivity index (χ2n) is 2.85. The number of pyridine rings is 1. The summed E-state index contributed by atoms with van der Waals surface area (Å²) in [5.41, 5.74) is 2.25. The highest BCUT2D eigenvalue weighted by atomic mass is 15.1. The molecule has 0 spiro atoms. The SMILES string of the molecule is CC1CNc2ccncc2N1. The van der Waals surface area contributed by atoms with E-state index in [2.05, 4.69) is 22.5 Å². The summed E-state index contributed by atoms with van der Waals surface area (Å²) < 4.78 is 0. The van der Waals surface area contributed by atoms with E-state index < -0.39 is 0 Å². The van der Waals surface area contributed by atoms with Gasteiger partial charge in [-0.05, 0) is 13.0 Å². The fraction of sp³-hybridized carbons (Fsp3) is 0.375. The molecule has 0 aromatic carbocycles. The number of nitrogens with one attached hydrogen (secondary N) is 2. The highest BCUT2D eigenvalue weighted by Crippen LogP contribution is 2.23. The van der Waals surface area contributed by atoms with Crippen molar-refractivity contribution >= 4 is 11.4 Å². The van der Waals surface area contributed by atoms with Crippen molar-refractivity contribution in [3.05, 3.63) is 18.5 Å². The molecule has 3 heteroatoms. The van der Waals surface area contributed by atoms with E-state index in [1.54, 1.807) is 6.20 Å². The molecule has 2 N–H and O–H groups in total. The molecule has 0 saturated carbocycles. The lowest BCUT2D eigenvalue weighted by molar-refractivity contribution is 0.816. The number of rotatable bonds is 0. The summed E-state index contributed by atoms with van der Waals surface area (Å²) >= 11 is 0. The Labute approximate surface area is 65.8 Å². The Morgan fingerprint density at radius 2 is 2.45 bits per heavy atom. The lowest BCUT2D eigenvalue weighted by Gasteiger charge is -2.24. The van der Waals surface area contributed by atoms with Gasteiger partial charge in [0.15, 0.2) is 0 Å². The van der Waals surface area contributed by atoms with Gasteiger partial charge in [-0.3, -0.25) is 4.98 Å². The van der Waals surface area contributed by atoms with E-state index in [-0.39, 0.29) is 0 Å². The zero-order valence-corrected chi connectivity index (χ0v) is 6.46. The Balaban J connectivity index is 2.34. The molecule has 0 radical (unpaired) electrons. The Bertz CT molecular complexity index is 259. The van der Waals surface area contributed by atoms with Crippen LogP contribution in [0.25, 0.3) is 0 Å². The van der Waals surface area contributed by atoms with Crippen LogP contribution in [-0.4, -0.2) is 17.6 Å². The average molecular weight is 149 g/mol. The van der Waals surface area contributed by atoms with Crippen molar-refractivity contribution < 1.29 is 0 Å². The van der Waals surface area contributed by atoms with Gasteiger partial charge in [0.05, 0.1) is 17.6 Å². The number of hydrogen-bond donors (Lipinski definition) is 2. The Kier molecular flexibility index (Phi) is 1.42. The van der Waals surface area contributed by atoms with E-state index in [4.69, 9.17) is 0 Å². The van der Waals surface area contributed by atoms with Crippen LogP contribution in [0.2, 0.25) is 0 Å². The molecule has 1 aromatic heterocycles. The summed E-state index contributed by atoms with van der Waals surface area (Å²) in [6, 6.07) is 2.47. The van der Waals surface area contributed by atoms with Crippen LogP contribution in [0.3, 0.4) is 0 Å². The highest BCUT2D eigenvalue weighted by molar-refractivity contribution is 5.69. The van der Waals surface area contributed by atoms with Crippen LogP contribution in [0, 0.1) is 0 Å². The minimum absolute atomic E-state index is 0.492. The fourth-order valence-corrected chi connectivity index (χ4v) is 1.24. The fourth-order valence-electron chi connectivity index (χ4n) is 1.24. The van der Waals surface area contributed by atoms with Crippen LogP contribution < -0.4 is 10.6 Å². The molecule has 2 heterocycles. The zero-order valence-electron chi connectivity index (χ0n) is 6.46. The monoisotopic (exact) mass is 149 g/mol. The molecule has 2 rings (SSSR count). The number of nitrogens with zero attached hydrogens (tertiary/aromatic N) is 1. The summed E-state index contributed by atoms with van der Waals surface area (Å²) in [6.07, 6.45) is 3.64. The van der Waals surface area contributed by atoms with Gasteiger partial charge in [-0.2, -0.15) is 0 Å². The summed E-state index contributed by atoms with van der Waals surface area (Å²) in [4.78, 5) is 4.03. The van der Waals surface area contributed by atoms with Crippen molar-refractivity contribution in [1.82, 2.24) is 4.98 Å². The van der Waals surface area contributed by atoms with Gasteiger partial charge >= 0.3 is 0 Å². The van der Waals surface area contributed by atoms with Gasteiger partial charge in [-0.15, -0.1) is 0 Å². The molecule has 11 heavy (non-hydrogen) atoms. The predicted octanol–water partition coefficient (Wildman–Crippen LogP) is 1.31. The smallest absolute Gasteiger partial charge is 0.0765 e. The third-order valence-electron chi connectivity index (χ3n) is 1.82. The molecule has 0 fully saturated rings. The summed E-state index contributed by atoms with van der Waals surface area (Å²) in [6.45, 7) is 3.12. The van der Waals surface area contributed by atoms with E-state index >= 15 is 0 Å². The number of fused-ring (bicyclic) bond motifs is 1. The first-order valence-electron chi connectivity index (χ1n) is 3.80. The van der Waals surface area contributed by atoms with Gasteiger partial charge in [-0.1, -0.05) is 0 Å². The third-order valence-corrected chi connectivity index (χ3v) is 1.82. The second kappa shape index (κ2) is 2.42. The van der Waals surface area contributed by atoms with Crippen LogP contribution in [0.5, 0.6) is 0 Å². The lowest BCUT2D eigenvalue weighted by Crippen LogP contribution is -2.29. The zero-order chi connectivity index (χ0) is 7.68. The van der Waals surface area contributed by atoms with Gasteiger partial charge in [0, 0.05) is 18.8 Å². The minimum atomic E-state index is 0.492. The molecule has 3 nitrogen and oxygen atoms in total. The van der Waals surface area contributed by atoms with Crippen LogP contribution >= 0.6 is 0 Å². The summed E-state index contributed by atoms with van der Waals surface area (Å²) in [5, 5.41) is 6.64. The van der Waals surface area contributed by atoms with Gasteiger partial charge in [0.2, 0.25) is 0 Å². The number of anilines is 2. The lowest BCUT2D eigenvalue weighted by atomic mass is 10.2. The molecule has 1 atom stereocenters. The van der Waals surface area contributed by atoms with Crippen molar-refractivity contribution in [2.45, 2.75) is 13.0 Å². The first kappa shape index (κ1) is 6.46. The molecular weight excluding hydrogens is 138 g/mol. The summed E-state index contributed by atoms with van der Waals surface area (Å²) in [5.74, 6) is 0. The number of aromatic nitrogens is 1. The average Bonchev–Trinajstić information content (AvgIpc) is 2.04. The molecule has 0 aliphatic carbocycles. The maximum absolute atomic E-state index is 4.03.